The topological polar surface area (TPSA) is 49.4 Å². The Morgan fingerprint density at radius 1 is 0.929 bits per heavy atom. The first-order valence-electron chi connectivity index (χ1n) is 9.11. The van der Waals surface area contributed by atoms with Gasteiger partial charge in [-0.15, -0.1) is 0 Å². The van der Waals surface area contributed by atoms with Gasteiger partial charge in [-0.05, 0) is 53.8 Å². The van der Waals surface area contributed by atoms with Crippen molar-refractivity contribution in [3.05, 3.63) is 84.4 Å². The van der Waals surface area contributed by atoms with E-state index in [4.69, 9.17) is 0 Å². The van der Waals surface area contributed by atoms with Crippen LogP contribution in [0.2, 0.25) is 0 Å². The van der Waals surface area contributed by atoms with Crippen LogP contribution in [0.4, 0.5) is 0 Å². The van der Waals surface area contributed by atoms with Crippen LogP contribution >= 0.6 is 11.9 Å². The molecule has 1 atom stereocenters. The van der Waals surface area contributed by atoms with Gasteiger partial charge in [-0.25, -0.2) is 8.51 Å². The summed E-state index contributed by atoms with van der Waals surface area (Å²) in [5, 5.41) is 0. The maximum Gasteiger partial charge on any atom is 0.263 e. The highest BCUT2D eigenvalue weighted by Crippen LogP contribution is 2.28. The third-order valence-electron chi connectivity index (χ3n) is 4.51. The fraction of sp³-hybridized carbons (Fsp3) is 0.136. The molecule has 1 aliphatic heterocycles. The predicted octanol–water partition coefficient (Wildman–Crippen LogP) is 4.52. The van der Waals surface area contributed by atoms with E-state index in [9.17, 15) is 9.00 Å². The molecule has 0 saturated carbocycles. The van der Waals surface area contributed by atoms with Gasteiger partial charge in [0.1, 0.15) is 0 Å². The van der Waals surface area contributed by atoms with E-state index in [0.29, 0.717) is 10.5 Å². The molecule has 4 rings (SSSR count). The summed E-state index contributed by atoms with van der Waals surface area (Å²) in [5.41, 5.74) is 2.28. The van der Waals surface area contributed by atoms with Gasteiger partial charge in [-0.2, -0.15) is 0 Å². The molecule has 0 bridgehead atoms. The summed E-state index contributed by atoms with van der Waals surface area (Å²) in [6.07, 6.45) is 1.22. The summed E-state index contributed by atoms with van der Waals surface area (Å²) >= 11 is 1.66. The molecule has 0 spiro atoms. The Morgan fingerprint density at radius 2 is 1.68 bits per heavy atom. The molecule has 3 aromatic carbocycles. The van der Waals surface area contributed by atoms with E-state index in [1.165, 1.54) is 6.42 Å². The molecule has 1 fully saturated rings. The summed E-state index contributed by atoms with van der Waals surface area (Å²) in [7, 11) is -1.62. The van der Waals surface area contributed by atoms with Gasteiger partial charge in [0.15, 0.2) is 11.0 Å². The van der Waals surface area contributed by atoms with Crippen molar-refractivity contribution in [1.29, 1.82) is 0 Å². The van der Waals surface area contributed by atoms with Gasteiger partial charge in [0, 0.05) is 23.5 Å². The molecule has 0 aromatic heterocycles. The van der Waals surface area contributed by atoms with Crippen molar-refractivity contribution in [3.8, 4) is 11.1 Å². The molecule has 1 N–H and O–H groups in total. The van der Waals surface area contributed by atoms with Crippen LogP contribution in [0.25, 0.3) is 11.1 Å². The number of amides is 1. The molecule has 0 aliphatic carbocycles. The zero-order chi connectivity index (χ0) is 19.3. The molecule has 0 radical (unpaired) electrons. The largest absolute Gasteiger partial charge is 0.268 e. The first kappa shape index (κ1) is 18.9. The van der Waals surface area contributed by atoms with Crippen LogP contribution in [-0.4, -0.2) is 27.5 Å². The number of hydrogen-bond donors (Lipinski definition) is 1. The van der Waals surface area contributed by atoms with Crippen molar-refractivity contribution in [2.24, 2.45) is 0 Å². The number of rotatable bonds is 6. The van der Waals surface area contributed by atoms with Gasteiger partial charge in [-0.1, -0.05) is 54.6 Å². The van der Waals surface area contributed by atoms with Crippen LogP contribution in [0.15, 0.2) is 88.7 Å². The lowest BCUT2D eigenvalue weighted by molar-refractivity contribution is 0.0983. The maximum atomic E-state index is 12.8. The Balaban J connectivity index is 1.51. The minimum Gasteiger partial charge on any atom is -0.268 e. The molecular weight excluding hydrogens is 388 g/mol. The van der Waals surface area contributed by atoms with E-state index in [0.717, 1.165) is 29.1 Å². The molecule has 6 heteroatoms. The van der Waals surface area contributed by atoms with Crippen LogP contribution in [0, 0.1) is 0 Å². The Kier molecular flexibility index (Phi) is 5.90. The number of nitrogens with zero attached hydrogens (tertiary/aromatic N) is 1. The second kappa shape index (κ2) is 8.73. The zero-order valence-corrected chi connectivity index (χ0v) is 16.8. The van der Waals surface area contributed by atoms with Gasteiger partial charge in [0.2, 0.25) is 0 Å². The number of carbonyl (C=O) groups excluding carboxylic acids is 1. The van der Waals surface area contributed by atoms with E-state index in [-0.39, 0.29) is 5.91 Å². The minimum atomic E-state index is -1.62. The van der Waals surface area contributed by atoms with Crippen LogP contribution in [0.5, 0.6) is 0 Å². The van der Waals surface area contributed by atoms with Gasteiger partial charge < -0.3 is 0 Å². The Bertz CT molecular complexity index is 1000. The summed E-state index contributed by atoms with van der Waals surface area (Å²) in [6, 6.07) is 24.6. The highest BCUT2D eigenvalue weighted by molar-refractivity contribution is 7.97. The van der Waals surface area contributed by atoms with Crippen molar-refractivity contribution in [1.82, 2.24) is 9.03 Å². The Hall–Kier alpha value is -2.41. The number of carbonyl (C=O) groups is 1. The third kappa shape index (κ3) is 4.35. The quantitative estimate of drug-likeness (QED) is 0.610. The zero-order valence-electron chi connectivity index (χ0n) is 15.2. The SMILES string of the molecule is O=C(NS(=O)c1cccc(SN2CCC2)c1)c1ccccc1-c1ccccc1. The average molecular weight is 409 g/mol. The smallest absolute Gasteiger partial charge is 0.263 e. The molecule has 1 amide bonds. The monoisotopic (exact) mass is 408 g/mol. The lowest BCUT2D eigenvalue weighted by Gasteiger charge is -2.29. The van der Waals surface area contributed by atoms with E-state index >= 15 is 0 Å². The minimum absolute atomic E-state index is 0.349. The van der Waals surface area contributed by atoms with Crippen LogP contribution in [0.3, 0.4) is 0 Å². The second-order valence-electron chi connectivity index (χ2n) is 6.46. The Morgan fingerprint density at radius 3 is 2.43 bits per heavy atom. The fourth-order valence-electron chi connectivity index (χ4n) is 2.92. The lowest BCUT2D eigenvalue weighted by atomic mass is 9.99. The standard InChI is InChI=1S/C22H20N2O2S2/c25-22(21-13-5-4-12-20(21)17-8-2-1-3-9-17)23-28(26)19-11-6-10-18(16-19)27-24-14-7-15-24/h1-6,8-13,16H,7,14-15H2,(H,23,25). The Labute approximate surface area is 171 Å². The predicted molar refractivity (Wildman–Crippen MR) is 114 cm³/mol. The van der Waals surface area contributed by atoms with Crippen molar-refractivity contribution in [3.63, 3.8) is 0 Å². The van der Waals surface area contributed by atoms with Gasteiger partial charge >= 0.3 is 0 Å². The number of hydrogen-bond acceptors (Lipinski definition) is 4. The third-order valence-corrected chi connectivity index (χ3v) is 6.65. The van der Waals surface area contributed by atoms with E-state index in [1.807, 2.05) is 66.7 Å². The highest BCUT2D eigenvalue weighted by Gasteiger charge is 2.17. The van der Waals surface area contributed by atoms with Crippen LogP contribution in [-0.2, 0) is 11.0 Å². The van der Waals surface area contributed by atoms with Gasteiger partial charge in [-0.3, -0.25) is 9.52 Å². The first-order chi connectivity index (χ1) is 13.7. The molecule has 1 saturated heterocycles. The van der Waals surface area contributed by atoms with Crippen molar-refractivity contribution in [2.75, 3.05) is 13.1 Å². The first-order valence-corrected chi connectivity index (χ1v) is 11.0. The van der Waals surface area contributed by atoms with E-state index in [2.05, 4.69) is 9.03 Å². The van der Waals surface area contributed by atoms with Gasteiger partial charge in [0.25, 0.3) is 5.91 Å². The molecule has 1 aliphatic rings. The fourth-order valence-corrected chi connectivity index (χ4v) is 4.89. The summed E-state index contributed by atoms with van der Waals surface area (Å²) < 4.78 is 17.7. The molecule has 142 valence electrons. The summed E-state index contributed by atoms with van der Waals surface area (Å²) in [4.78, 5) is 14.4. The molecular formula is C22H20N2O2S2. The second-order valence-corrected chi connectivity index (χ2v) is 8.84. The summed E-state index contributed by atoms with van der Waals surface area (Å²) in [6.45, 7) is 2.15. The van der Waals surface area contributed by atoms with Crippen LogP contribution < -0.4 is 4.72 Å². The van der Waals surface area contributed by atoms with Crippen molar-refractivity contribution >= 4 is 28.8 Å². The van der Waals surface area contributed by atoms with E-state index < -0.39 is 11.0 Å². The lowest BCUT2D eigenvalue weighted by Crippen LogP contribution is -2.30. The maximum absolute atomic E-state index is 12.8. The molecule has 1 heterocycles. The van der Waals surface area contributed by atoms with Crippen molar-refractivity contribution in [2.45, 2.75) is 16.2 Å². The van der Waals surface area contributed by atoms with Crippen molar-refractivity contribution < 1.29 is 9.00 Å². The highest BCUT2D eigenvalue weighted by atomic mass is 32.2. The van der Waals surface area contributed by atoms with Gasteiger partial charge in [0.05, 0.1) is 4.90 Å². The molecule has 1 unspecified atom stereocenters. The number of benzene rings is 3. The van der Waals surface area contributed by atoms with Crippen LogP contribution in [0.1, 0.15) is 16.8 Å². The molecule has 28 heavy (non-hydrogen) atoms. The summed E-state index contributed by atoms with van der Waals surface area (Å²) in [5.74, 6) is -0.349. The molecule has 4 nitrogen and oxygen atoms in total. The molecule has 3 aromatic rings. The average Bonchev–Trinajstić information content (AvgIpc) is 2.71. The van der Waals surface area contributed by atoms with E-state index in [1.54, 1.807) is 24.1 Å². The number of nitrogens with one attached hydrogen (secondary N) is 1. The normalized spacial score (nSPS) is 14.9.